The fraction of sp³-hybridized carbons (Fsp3) is 0.786. The predicted octanol–water partition coefficient (Wildman–Crippen LogP) is 1.85. The minimum absolute atomic E-state index is 0.160. The highest BCUT2D eigenvalue weighted by molar-refractivity contribution is 5.29. The lowest BCUT2D eigenvalue weighted by Gasteiger charge is -2.30. The average Bonchev–Trinajstić information content (AvgIpc) is 3.14. The molecule has 2 aliphatic rings. The fourth-order valence-corrected chi connectivity index (χ4v) is 4.21. The molecule has 1 heterocycles. The molecule has 5 heteroatoms. The van der Waals surface area contributed by atoms with Crippen LogP contribution in [0.3, 0.4) is 0 Å². The van der Waals surface area contributed by atoms with Crippen LogP contribution in [0.25, 0.3) is 0 Å². The summed E-state index contributed by atoms with van der Waals surface area (Å²) in [4.78, 5) is 0. The van der Waals surface area contributed by atoms with Gasteiger partial charge < -0.3 is 4.74 Å². The largest absolute Gasteiger partial charge is 0.493 e. The topological polar surface area (TPSA) is 65.1 Å². The number of ether oxygens (including phenoxy) is 1. The molecule has 4 atom stereocenters. The van der Waals surface area contributed by atoms with Gasteiger partial charge in [0.15, 0.2) is 5.75 Å². The van der Waals surface area contributed by atoms with E-state index in [9.17, 15) is 0 Å². The number of nitrogens with zero attached hydrogens (tertiary/aromatic N) is 2. The lowest BCUT2D eigenvalue weighted by molar-refractivity contribution is 0.237. The Hall–Kier alpha value is -1.07. The number of fused-ring (bicyclic) bond motifs is 2. The molecule has 4 unspecified atom stereocenters. The van der Waals surface area contributed by atoms with Crippen LogP contribution in [0.1, 0.15) is 44.3 Å². The van der Waals surface area contributed by atoms with Gasteiger partial charge in [0.2, 0.25) is 0 Å². The Morgan fingerprint density at radius 3 is 2.89 bits per heavy atom. The summed E-state index contributed by atoms with van der Waals surface area (Å²) < 4.78 is 7.48. The van der Waals surface area contributed by atoms with E-state index < -0.39 is 0 Å². The second-order valence-corrected chi connectivity index (χ2v) is 5.90. The Kier molecular flexibility index (Phi) is 3.50. The van der Waals surface area contributed by atoms with Crippen molar-refractivity contribution in [2.45, 2.75) is 45.2 Å². The van der Waals surface area contributed by atoms with E-state index in [0.29, 0.717) is 5.92 Å². The molecule has 3 rings (SSSR count). The Bertz CT molecular complexity index is 423. The molecular weight excluding hydrogens is 240 g/mol. The number of nitrogens with one attached hydrogen (secondary N) is 1. The maximum atomic E-state index is 5.88. The van der Waals surface area contributed by atoms with Gasteiger partial charge in [0, 0.05) is 6.54 Å². The number of nitrogens with two attached hydrogens (primary N) is 1. The Morgan fingerprint density at radius 2 is 2.37 bits per heavy atom. The number of hydrazine groups is 1. The van der Waals surface area contributed by atoms with Gasteiger partial charge in [-0.1, -0.05) is 6.42 Å². The lowest BCUT2D eigenvalue weighted by Crippen LogP contribution is -2.37. The van der Waals surface area contributed by atoms with Gasteiger partial charge in [-0.3, -0.25) is 16.0 Å². The van der Waals surface area contributed by atoms with E-state index in [0.717, 1.165) is 29.8 Å². The number of hydrogen-bond acceptors (Lipinski definition) is 4. The summed E-state index contributed by atoms with van der Waals surface area (Å²) >= 11 is 0. The van der Waals surface area contributed by atoms with Crippen LogP contribution < -0.4 is 16.0 Å². The maximum absolute atomic E-state index is 5.88. The highest BCUT2D eigenvalue weighted by atomic mass is 16.5. The lowest BCUT2D eigenvalue weighted by atomic mass is 9.82. The standard InChI is InChI=1S/C14H24N4O/c1-3-18-14(12(19-2)8-16-18)13(17-15)11-7-9-4-5-10(11)6-9/h8-11,13,17H,3-7,15H2,1-2H3. The molecule has 2 saturated carbocycles. The number of hydrogen-bond donors (Lipinski definition) is 2. The SMILES string of the molecule is CCn1ncc(OC)c1C(NN)C1CC2CCC1C2. The van der Waals surface area contributed by atoms with Crippen molar-refractivity contribution >= 4 is 0 Å². The van der Waals surface area contributed by atoms with Crippen molar-refractivity contribution in [3.63, 3.8) is 0 Å². The molecule has 0 spiro atoms. The van der Waals surface area contributed by atoms with Crippen molar-refractivity contribution in [1.82, 2.24) is 15.2 Å². The van der Waals surface area contributed by atoms with E-state index in [4.69, 9.17) is 10.6 Å². The summed E-state index contributed by atoms with van der Waals surface area (Å²) in [5, 5.41) is 4.40. The third-order valence-electron chi connectivity index (χ3n) is 5.06. The zero-order chi connectivity index (χ0) is 13.4. The van der Waals surface area contributed by atoms with Gasteiger partial charge in [-0.05, 0) is 43.9 Å². The van der Waals surface area contributed by atoms with E-state index in [-0.39, 0.29) is 6.04 Å². The van der Waals surface area contributed by atoms with E-state index in [1.165, 1.54) is 25.7 Å². The molecule has 5 nitrogen and oxygen atoms in total. The van der Waals surface area contributed by atoms with Crippen LogP contribution >= 0.6 is 0 Å². The van der Waals surface area contributed by atoms with Gasteiger partial charge in [0.1, 0.15) is 0 Å². The molecule has 3 N–H and O–H groups in total. The average molecular weight is 264 g/mol. The van der Waals surface area contributed by atoms with E-state index in [2.05, 4.69) is 17.4 Å². The van der Waals surface area contributed by atoms with Crippen molar-refractivity contribution in [3.8, 4) is 5.75 Å². The van der Waals surface area contributed by atoms with Gasteiger partial charge >= 0.3 is 0 Å². The first-order chi connectivity index (χ1) is 9.28. The highest BCUT2D eigenvalue weighted by Crippen LogP contribution is 2.53. The minimum Gasteiger partial charge on any atom is -0.493 e. The molecule has 106 valence electrons. The minimum atomic E-state index is 0.160. The first-order valence-corrected chi connectivity index (χ1v) is 7.34. The number of aryl methyl sites for hydroxylation is 1. The third kappa shape index (κ3) is 2.05. The third-order valence-corrected chi connectivity index (χ3v) is 5.06. The molecule has 0 saturated heterocycles. The van der Waals surface area contributed by atoms with Crippen LogP contribution in [0, 0.1) is 17.8 Å². The number of methoxy groups -OCH3 is 1. The van der Waals surface area contributed by atoms with Gasteiger partial charge in [0.25, 0.3) is 0 Å². The molecule has 19 heavy (non-hydrogen) atoms. The summed E-state index contributed by atoms with van der Waals surface area (Å²) in [6, 6.07) is 0.160. The summed E-state index contributed by atoms with van der Waals surface area (Å²) in [5.41, 5.74) is 4.16. The summed E-state index contributed by atoms with van der Waals surface area (Å²) in [6.07, 6.45) is 7.23. The zero-order valence-electron chi connectivity index (χ0n) is 11.8. The second kappa shape index (κ2) is 5.13. The Balaban J connectivity index is 1.91. The molecule has 0 amide bonds. The molecule has 0 radical (unpaired) electrons. The monoisotopic (exact) mass is 264 g/mol. The first kappa shape index (κ1) is 12.9. The highest BCUT2D eigenvalue weighted by Gasteiger charge is 2.44. The Labute approximate surface area is 114 Å². The second-order valence-electron chi connectivity index (χ2n) is 5.90. The van der Waals surface area contributed by atoms with Crippen LogP contribution in [-0.2, 0) is 6.54 Å². The van der Waals surface area contributed by atoms with Crippen LogP contribution in [0.5, 0.6) is 5.75 Å². The van der Waals surface area contributed by atoms with Gasteiger partial charge in [-0.2, -0.15) is 5.10 Å². The zero-order valence-corrected chi connectivity index (χ0v) is 11.8. The van der Waals surface area contributed by atoms with Crippen molar-refractivity contribution in [3.05, 3.63) is 11.9 Å². The molecule has 1 aromatic rings. The van der Waals surface area contributed by atoms with Crippen LogP contribution in [0.4, 0.5) is 0 Å². The summed E-state index contributed by atoms with van der Waals surface area (Å²) in [5.74, 6) is 9.08. The number of aromatic nitrogens is 2. The van der Waals surface area contributed by atoms with Crippen molar-refractivity contribution in [2.75, 3.05) is 7.11 Å². The summed E-state index contributed by atoms with van der Waals surface area (Å²) in [6.45, 7) is 2.95. The van der Waals surface area contributed by atoms with Gasteiger partial charge in [0.05, 0.1) is 25.0 Å². The fourth-order valence-electron chi connectivity index (χ4n) is 4.21. The van der Waals surface area contributed by atoms with Crippen LogP contribution in [0.2, 0.25) is 0 Å². The molecule has 2 fully saturated rings. The maximum Gasteiger partial charge on any atom is 0.161 e. The van der Waals surface area contributed by atoms with E-state index in [1.807, 2.05) is 4.68 Å². The van der Waals surface area contributed by atoms with Crippen molar-refractivity contribution in [1.29, 1.82) is 0 Å². The van der Waals surface area contributed by atoms with Gasteiger partial charge in [-0.25, -0.2) is 0 Å². The smallest absolute Gasteiger partial charge is 0.161 e. The molecular formula is C14H24N4O. The Morgan fingerprint density at radius 1 is 1.53 bits per heavy atom. The molecule has 2 aliphatic carbocycles. The molecule has 2 bridgehead atoms. The van der Waals surface area contributed by atoms with Crippen molar-refractivity contribution < 1.29 is 4.74 Å². The van der Waals surface area contributed by atoms with Gasteiger partial charge in [-0.15, -0.1) is 0 Å². The van der Waals surface area contributed by atoms with E-state index in [1.54, 1.807) is 13.3 Å². The van der Waals surface area contributed by atoms with Crippen molar-refractivity contribution in [2.24, 2.45) is 23.6 Å². The molecule has 0 aromatic carbocycles. The number of rotatable bonds is 5. The van der Waals surface area contributed by atoms with Crippen LogP contribution in [0.15, 0.2) is 6.20 Å². The first-order valence-electron chi connectivity index (χ1n) is 7.34. The molecule has 1 aromatic heterocycles. The van der Waals surface area contributed by atoms with Crippen LogP contribution in [-0.4, -0.2) is 16.9 Å². The predicted molar refractivity (Wildman–Crippen MR) is 73.5 cm³/mol. The molecule has 0 aliphatic heterocycles. The van der Waals surface area contributed by atoms with E-state index >= 15 is 0 Å². The normalized spacial score (nSPS) is 30.8. The quantitative estimate of drug-likeness (QED) is 0.629. The summed E-state index contributed by atoms with van der Waals surface area (Å²) in [7, 11) is 1.70.